The first-order valence-electron chi connectivity index (χ1n) is 11.9. The van der Waals surface area contributed by atoms with Crippen molar-refractivity contribution in [2.45, 2.75) is 32.9 Å². The van der Waals surface area contributed by atoms with E-state index in [1.54, 1.807) is 14.2 Å². The van der Waals surface area contributed by atoms with E-state index < -0.39 is 0 Å². The Morgan fingerprint density at radius 2 is 1.63 bits per heavy atom. The summed E-state index contributed by atoms with van der Waals surface area (Å²) in [6.07, 6.45) is 5.92. The first-order valence-corrected chi connectivity index (χ1v) is 11.9. The molecule has 0 aliphatic carbocycles. The number of hydrogen-bond acceptors (Lipinski definition) is 5. The quantitative estimate of drug-likeness (QED) is 0.220. The maximum atomic E-state index is 6.15. The predicted molar refractivity (Wildman–Crippen MR) is 139 cm³/mol. The lowest BCUT2D eigenvalue weighted by Gasteiger charge is -2.13. The fourth-order valence-corrected chi connectivity index (χ4v) is 3.96. The molecular weight excluding hydrogens is 440 g/mol. The van der Waals surface area contributed by atoms with Gasteiger partial charge in [0.1, 0.15) is 23.9 Å². The summed E-state index contributed by atoms with van der Waals surface area (Å²) in [6, 6.07) is 21.8. The number of methoxy groups -OCH3 is 2. The summed E-state index contributed by atoms with van der Waals surface area (Å²) in [4.78, 5) is 4.84. The minimum Gasteiger partial charge on any atom is -0.497 e. The van der Waals surface area contributed by atoms with Crippen molar-refractivity contribution in [3.8, 4) is 23.0 Å². The van der Waals surface area contributed by atoms with E-state index in [-0.39, 0.29) is 0 Å². The molecule has 0 bridgehead atoms. The van der Waals surface area contributed by atoms with Crippen LogP contribution in [0, 0.1) is 0 Å². The van der Waals surface area contributed by atoms with Gasteiger partial charge in [-0.1, -0.05) is 30.4 Å². The van der Waals surface area contributed by atoms with Crippen LogP contribution >= 0.6 is 0 Å². The lowest BCUT2D eigenvalue weighted by atomic mass is 10.2. The number of imidazole rings is 1. The van der Waals surface area contributed by atoms with Gasteiger partial charge in [0.2, 0.25) is 0 Å². The molecule has 0 spiro atoms. The van der Waals surface area contributed by atoms with Gasteiger partial charge in [-0.3, -0.25) is 0 Å². The Morgan fingerprint density at radius 1 is 0.829 bits per heavy atom. The van der Waals surface area contributed by atoms with Crippen molar-refractivity contribution in [1.29, 1.82) is 0 Å². The van der Waals surface area contributed by atoms with Crippen molar-refractivity contribution in [1.82, 2.24) is 9.55 Å². The zero-order chi connectivity index (χ0) is 24.5. The summed E-state index contributed by atoms with van der Waals surface area (Å²) >= 11 is 0. The molecule has 0 amide bonds. The Morgan fingerprint density at radius 3 is 2.40 bits per heavy atom. The van der Waals surface area contributed by atoms with Crippen LogP contribution in [0.5, 0.6) is 23.0 Å². The smallest absolute Gasteiger partial charge is 0.161 e. The Kier molecular flexibility index (Phi) is 8.28. The van der Waals surface area contributed by atoms with Crippen molar-refractivity contribution in [3.05, 3.63) is 84.2 Å². The molecule has 4 aromatic rings. The fraction of sp³-hybridized carbons (Fsp3) is 0.276. The van der Waals surface area contributed by atoms with E-state index in [2.05, 4.69) is 10.6 Å². The summed E-state index contributed by atoms with van der Waals surface area (Å²) in [5.74, 6) is 3.97. The Balaban J connectivity index is 1.39. The fourth-order valence-electron chi connectivity index (χ4n) is 3.96. The first-order chi connectivity index (χ1) is 17.2. The van der Waals surface area contributed by atoms with Gasteiger partial charge in [-0.25, -0.2) is 4.98 Å². The maximum Gasteiger partial charge on any atom is 0.161 e. The highest BCUT2D eigenvalue weighted by molar-refractivity contribution is 5.75. The minimum atomic E-state index is 0.357. The van der Waals surface area contributed by atoms with Crippen LogP contribution in [0.15, 0.2) is 72.8 Å². The van der Waals surface area contributed by atoms with Gasteiger partial charge in [0.05, 0.1) is 31.9 Å². The second kappa shape index (κ2) is 12.0. The van der Waals surface area contributed by atoms with Crippen LogP contribution in [0.4, 0.5) is 0 Å². The zero-order valence-corrected chi connectivity index (χ0v) is 20.6. The van der Waals surface area contributed by atoms with E-state index in [1.807, 2.05) is 79.7 Å². The second-order valence-electron chi connectivity index (χ2n) is 8.10. The summed E-state index contributed by atoms with van der Waals surface area (Å²) < 4.78 is 25.0. The summed E-state index contributed by atoms with van der Waals surface area (Å²) in [6.45, 7) is 3.84. The molecule has 3 aromatic carbocycles. The highest BCUT2D eigenvalue weighted by Crippen LogP contribution is 2.30. The van der Waals surface area contributed by atoms with Crippen LogP contribution in [0.2, 0.25) is 0 Å². The van der Waals surface area contributed by atoms with Crippen molar-refractivity contribution < 1.29 is 18.9 Å². The van der Waals surface area contributed by atoms with E-state index in [0.29, 0.717) is 24.7 Å². The minimum absolute atomic E-state index is 0.357. The average molecular weight is 473 g/mol. The molecule has 0 radical (unpaired) electrons. The third-order valence-electron chi connectivity index (χ3n) is 5.74. The Bertz CT molecular complexity index is 1260. The van der Waals surface area contributed by atoms with Gasteiger partial charge in [0, 0.05) is 6.54 Å². The number of benzene rings is 3. The summed E-state index contributed by atoms with van der Waals surface area (Å²) in [7, 11) is 3.32. The van der Waals surface area contributed by atoms with Crippen molar-refractivity contribution >= 4 is 17.1 Å². The number of rotatable bonds is 12. The Labute approximate surface area is 206 Å². The largest absolute Gasteiger partial charge is 0.497 e. The molecule has 0 aliphatic heterocycles. The van der Waals surface area contributed by atoms with Gasteiger partial charge < -0.3 is 23.5 Å². The third-order valence-corrected chi connectivity index (χ3v) is 5.74. The van der Waals surface area contributed by atoms with Gasteiger partial charge in [0.15, 0.2) is 11.5 Å². The molecule has 35 heavy (non-hydrogen) atoms. The zero-order valence-electron chi connectivity index (χ0n) is 20.6. The number of fused-ring (bicyclic) bond motifs is 1. The van der Waals surface area contributed by atoms with Crippen LogP contribution in [-0.2, 0) is 13.2 Å². The van der Waals surface area contributed by atoms with Crippen LogP contribution in [0.3, 0.4) is 0 Å². The van der Waals surface area contributed by atoms with Gasteiger partial charge in [-0.2, -0.15) is 0 Å². The van der Waals surface area contributed by atoms with Gasteiger partial charge in [-0.05, 0) is 73.9 Å². The number of ether oxygens (including phenoxy) is 4. The highest BCUT2D eigenvalue weighted by Gasteiger charge is 2.13. The van der Waals surface area contributed by atoms with Crippen LogP contribution in [-0.4, -0.2) is 30.4 Å². The first kappa shape index (κ1) is 24.2. The van der Waals surface area contributed by atoms with E-state index in [0.717, 1.165) is 53.3 Å². The molecule has 0 saturated heterocycles. The third kappa shape index (κ3) is 6.15. The van der Waals surface area contributed by atoms with E-state index in [9.17, 15) is 0 Å². The molecule has 0 N–H and O–H groups in total. The predicted octanol–water partition coefficient (Wildman–Crippen LogP) is 6.52. The van der Waals surface area contributed by atoms with Crippen LogP contribution in [0.1, 0.15) is 31.2 Å². The Hall–Kier alpha value is -3.93. The molecule has 4 rings (SSSR count). The molecule has 6 nitrogen and oxygen atoms in total. The molecule has 182 valence electrons. The molecular formula is C29H32N2O4. The number of aromatic nitrogens is 2. The molecule has 0 unspecified atom stereocenters. The number of aryl methyl sites for hydroxylation is 1. The van der Waals surface area contributed by atoms with Crippen molar-refractivity contribution in [2.75, 3.05) is 20.8 Å². The number of nitrogens with zero attached hydrogens (tertiary/aromatic N) is 2. The monoisotopic (exact) mass is 472 g/mol. The molecule has 6 heteroatoms. The summed E-state index contributed by atoms with van der Waals surface area (Å²) in [5.41, 5.74) is 3.15. The average Bonchev–Trinajstić information content (AvgIpc) is 3.25. The van der Waals surface area contributed by atoms with E-state index in [1.165, 1.54) is 0 Å². The molecule has 1 aromatic heterocycles. The van der Waals surface area contributed by atoms with Crippen molar-refractivity contribution in [3.63, 3.8) is 0 Å². The summed E-state index contributed by atoms with van der Waals surface area (Å²) in [5, 5.41) is 0. The number of unbranched alkanes of at least 4 members (excludes halogenated alkanes) is 1. The number of para-hydroxylation sites is 2. The lowest BCUT2D eigenvalue weighted by Crippen LogP contribution is -2.09. The van der Waals surface area contributed by atoms with Gasteiger partial charge in [0.25, 0.3) is 0 Å². The molecule has 0 aliphatic rings. The molecule has 1 heterocycles. The normalized spacial score (nSPS) is 11.2. The lowest BCUT2D eigenvalue weighted by molar-refractivity contribution is 0.269. The second-order valence-corrected chi connectivity index (χ2v) is 8.10. The highest BCUT2D eigenvalue weighted by atomic mass is 16.5. The van der Waals surface area contributed by atoms with Crippen LogP contribution < -0.4 is 18.9 Å². The molecule has 0 atom stereocenters. The standard InChI is InChI=1S/C29H32N2O4/c1-4-9-22-12-17-27(28(20-22)33-3)35-21-29-30-25-10-5-6-11-26(25)31(29)18-7-8-19-34-24-15-13-23(32-2)14-16-24/h4-6,9-17,20H,7-8,18-19,21H2,1-3H3/b9-4-. The number of allylic oxidation sites excluding steroid dienone is 1. The SMILES string of the molecule is C/C=C\c1ccc(OCc2nc3ccccc3n2CCCCOc2ccc(OC)cc2)c(OC)c1. The van der Waals surface area contributed by atoms with E-state index >= 15 is 0 Å². The van der Waals surface area contributed by atoms with Gasteiger partial charge >= 0.3 is 0 Å². The number of hydrogen-bond donors (Lipinski definition) is 0. The topological polar surface area (TPSA) is 54.7 Å². The molecule has 0 fully saturated rings. The van der Waals surface area contributed by atoms with E-state index in [4.69, 9.17) is 23.9 Å². The molecule has 0 saturated carbocycles. The maximum absolute atomic E-state index is 6.15. The van der Waals surface area contributed by atoms with Crippen LogP contribution in [0.25, 0.3) is 17.1 Å². The van der Waals surface area contributed by atoms with Crippen molar-refractivity contribution in [2.24, 2.45) is 0 Å². The van der Waals surface area contributed by atoms with Gasteiger partial charge in [-0.15, -0.1) is 0 Å².